The molecule has 4 rings (SSSR count). The van der Waals surface area contributed by atoms with Gasteiger partial charge in [-0.2, -0.15) is 0 Å². The molecule has 124 valence electrons. The highest BCUT2D eigenvalue weighted by molar-refractivity contribution is 5.88. The number of hydrogen-bond donors (Lipinski definition) is 0. The van der Waals surface area contributed by atoms with E-state index in [1.807, 2.05) is 6.07 Å². The Bertz CT molecular complexity index is 912. The molecular formula is C23H20O2. The summed E-state index contributed by atoms with van der Waals surface area (Å²) in [4.78, 5) is 0. The Morgan fingerprint density at radius 2 is 1.32 bits per heavy atom. The van der Waals surface area contributed by atoms with Crippen LogP contribution in [-0.4, -0.2) is 14.2 Å². The van der Waals surface area contributed by atoms with Crippen LogP contribution in [0.1, 0.15) is 28.2 Å². The van der Waals surface area contributed by atoms with Crippen molar-refractivity contribution in [2.45, 2.75) is 5.92 Å². The van der Waals surface area contributed by atoms with Gasteiger partial charge in [0.05, 0.1) is 14.2 Å². The molecule has 0 heterocycles. The maximum absolute atomic E-state index is 5.54. The van der Waals surface area contributed by atoms with Gasteiger partial charge in [0.2, 0.25) is 0 Å². The van der Waals surface area contributed by atoms with Crippen LogP contribution >= 0.6 is 0 Å². The predicted octanol–water partition coefficient (Wildman–Crippen LogP) is 5.28. The number of hydrogen-bond acceptors (Lipinski definition) is 2. The van der Waals surface area contributed by atoms with Crippen molar-refractivity contribution < 1.29 is 9.47 Å². The summed E-state index contributed by atoms with van der Waals surface area (Å²) in [7, 11) is 3.36. The molecule has 25 heavy (non-hydrogen) atoms. The lowest BCUT2D eigenvalue weighted by atomic mass is 9.92. The van der Waals surface area contributed by atoms with Gasteiger partial charge in [-0.25, -0.2) is 0 Å². The predicted molar refractivity (Wildman–Crippen MR) is 101 cm³/mol. The number of ether oxygens (including phenoxy) is 2. The molecule has 3 aromatic carbocycles. The van der Waals surface area contributed by atoms with Gasteiger partial charge >= 0.3 is 0 Å². The van der Waals surface area contributed by atoms with Crippen LogP contribution in [0.15, 0.2) is 78.9 Å². The van der Waals surface area contributed by atoms with Gasteiger partial charge in [-0.1, -0.05) is 66.7 Å². The van der Waals surface area contributed by atoms with Crippen LogP contribution in [0, 0.1) is 0 Å². The first-order chi connectivity index (χ1) is 12.3. The van der Waals surface area contributed by atoms with Gasteiger partial charge < -0.3 is 9.47 Å². The average molecular weight is 328 g/mol. The second kappa shape index (κ2) is 6.48. The molecule has 0 aromatic heterocycles. The van der Waals surface area contributed by atoms with Crippen LogP contribution in [0.3, 0.4) is 0 Å². The highest BCUT2D eigenvalue weighted by Gasteiger charge is 2.27. The largest absolute Gasteiger partial charge is 0.493 e. The highest BCUT2D eigenvalue weighted by Crippen LogP contribution is 2.46. The van der Waals surface area contributed by atoms with Crippen LogP contribution in [0.5, 0.6) is 11.5 Å². The Morgan fingerprint density at radius 1 is 0.720 bits per heavy atom. The number of benzene rings is 3. The van der Waals surface area contributed by atoms with Crippen molar-refractivity contribution in [2.24, 2.45) is 0 Å². The lowest BCUT2D eigenvalue weighted by Gasteiger charge is -2.15. The van der Waals surface area contributed by atoms with E-state index in [4.69, 9.17) is 9.47 Å². The van der Waals surface area contributed by atoms with Crippen molar-refractivity contribution in [1.29, 1.82) is 0 Å². The molecule has 2 heteroatoms. The van der Waals surface area contributed by atoms with Gasteiger partial charge in [-0.05, 0) is 40.0 Å². The summed E-state index contributed by atoms with van der Waals surface area (Å²) in [5, 5.41) is 0. The maximum Gasteiger partial charge on any atom is 0.161 e. The summed E-state index contributed by atoms with van der Waals surface area (Å²) in [6.07, 6.45) is 2.34. The van der Waals surface area contributed by atoms with E-state index < -0.39 is 0 Å². The van der Waals surface area contributed by atoms with Gasteiger partial charge in [0.25, 0.3) is 0 Å². The lowest BCUT2D eigenvalue weighted by molar-refractivity contribution is 0.354. The molecule has 1 aliphatic carbocycles. The number of fused-ring (bicyclic) bond motifs is 1. The van der Waals surface area contributed by atoms with Crippen molar-refractivity contribution in [3.05, 3.63) is 101 Å². The summed E-state index contributed by atoms with van der Waals surface area (Å²) in [6.45, 7) is 0. The summed E-state index contributed by atoms with van der Waals surface area (Å²) in [5.74, 6) is 1.74. The van der Waals surface area contributed by atoms with Crippen LogP contribution in [0.4, 0.5) is 0 Å². The van der Waals surface area contributed by atoms with Crippen LogP contribution in [0.2, 0.25) is 0 Å². The minimum absolute atomic E-state index is 0.214. The molecule has 0 saturated heterocycles. The van der Waals surface area contributed by atoms with E-state index >= 15 is 0 Å². The zero-order valence-electron chi connectivity index (χ0n) is 14.4. The third kappa shape index (κ3) is 2.70. The van der Waals surface area contributed by atoms with Gasteiger partial charge in [0.1, 0.15) is 0 Å². The summed E-state index contributed by atoms with van der Waals surface area (Å²) < 4.78 is 11.1. The summed E-state index contributed by atoms with van der Waals surface area (Å²) in [6, 6.07) is 25.3. The third-order valence-corrected chi connectivity index (χ3v) is 4.76. The molecule has 1 unspecified atom stereocenters. The Labute approximate surface area is 148 Å². The lowest BCUT2D eigenvalue weighted by Crippen LogP contribution is -1.99. The average Bonchev–Trinajstić information content (AvgIpc) is 3.06. The normalized spacial score (nSPS) is 15.4. The molecule has 0 N–H and O–H groups in total. The SMILES string of the molecule is COc1cc2c(cc1OC)C(c1ccccc1)C=C2c1ccccc1. The maximum atomic E-state index is 5.54. The quantitative estimate of drug-likeness (QED) is 0.648. The van der Waals surface area contributed by atoms with E-state index in [1.165, 1.54) is 27.8 Å². The molecule has 0 spiro atoms. The van der Waals surface area contributed by atoms with Gasteiger partial charge in [0.15, 0.2) is 11.5 Å². The first kappa shape index (κ1) is 15.5. The molecule has 0 radical (unpaired) electrons. The fourth-order valence-electron chi connectivity index (χ4n) is 3.54. The van der Waals surface area contributed by atoms with E-state index in [-0.39, 0.29) is 5.92 Å². The zero-order chi connectivity index (χ0) is 17.2. The van der Waals surface area contributed by atoms with Crippen LogP contribution < -0.4 is 9.47 Å². The van der Waals surface area contributed by atoms with Crippen LogP contribution in [0.25, 0.3) is 5.57 Å². The van der Waals surface area contributed by atoms with E-state index in [0.717, 1.165) is 11.5 Å². The van der Waals surface area contributed by atoms with E-state index in [0.29, 0.717) is 0 Å². The molecule has 0 fully saturated rings. The highest BCUT2D eigenvalue weighted by atomic mass is 16.5. The topological polar surface area (TPSA) is 18.5 Å². The molecule has 0 amide bonds. The molecule has 2 nitrogen and oxygen atoms in total. The number of allylic oxidation sites excluding steroid dienone is 1. The molecule has 3 aromatic rings. The minimum Gasteiger partial charge on any atom is -0.493 e. The molecule has 0 bridgehead atoms. The van der Waals surface area contributed by atoms with Crippen molar-refractivity contribution in [3.8, 4) is 11.5 Å². The smallest absolute Gasteiger partial charge is 0.161 e. The van der Waals surface area contributed by atoms with E-state index in [1.54, 1.807) is 14.2 Å². The first-order valence-electron chi connectivity index (χ1n) is 8.40. The zero-order valence-corrected chi connectivity index (χ0v) is 14.4. The van der Waals surface area contributed by atoms with Crippen LogP contribution in [-0.2, 0) is 0 Å². The fraction of sp³-hybridized carbons (Fsp3) is 0.130. The van der Waals surface area contributed by atoms with Crippen molar-refractivity contribution in [3.63, 3.8) is 0 Å². The van der Waals surface area contributed by atoms with Gasteiger partial charge in [-0.3, -0.25) is 0 Å². The summed E-state index contributed by atoms with van der Waals surface area (Å²) in [5.41, 5.74) is 6.20. The first-order valence-corrected chi connectivity index (χ1v) is 8.40. The second-order valence-electron chi connectivity index (χ2n) is 6.13. The summed E-state index contributed by atoms with van der Waals surface area (Å²) >= 11 is 0. The van der Waals surface area contributed by atoms with Gasteiger partial charge in [0, 0.05) is 5.92 Å². The number of rotatable bonds is 4. The number of methoxy groups -OCH3 is 2. The van der Waals surface area contributed by atoms with Gasteiger partial charge in [-0.15, -0.1) is 0 Å². The van der Waals surface area contributed by atoms with Crippen molar-refractivity contribution in [1.82, 2.24) is 0 Å². The molecule has 1 aliphatic rings. The molecular weight excluding hydrogens is 308 g/mol. The van der Waals surface area contributed by atoms with E-state index in [9.17, 15) is 0 Å². The van der Waals surface area contributed by atoms with E-state index in [2.05, 4.69) is 72.8 Å². The minimum atomic E-state index is 0.214. The monoisotopic (exact) mass is 328 g/mol. The Balaban J connectivity index is 1.93. The Morgan fingerprint density at radius 3 is 1.96 bits per heavy atom. The Hall–Kier alpha value is -3.00. The molecule has 0 aliphatic heterocycles. The molecule has 1 atom stereocenters. The Kier molecular flexibility index (Phi) is 4.02. The standard InChI is InChI=1S/C23H20O2/c1-24-22-14-20-18(16-9-5-3-6-10-16)13-19(17-11-7-4-8-12-17)21(20)15-23(22)25-2/h3-15,18H,1-2H3. The van der Waals surface area contributed by atoms with Crippen molar-refractivity contribution in [2.75, 3.05) is 14.2 Å². The fourth-order valence-corrected chi connectivity index (χ4v) is 3.54. The third-order valence-electron chi connectivity index (χ3n) is 4.76. The second-order valence-corrected chi connectivity index (χ2v) is 6.13. The van der Waals surface area contributed by atoms with Crippen molar-refractivity contribution >= 4 is 5.57 Å². The molecule has 0 saturated carbocycles.